The first-order chi connectivity index (χ1) is 9.19. The van der Waals surface area contributed by atoms with Gasteiger partial charge in [0.15, 0.2) is 0 Å². The molecule has 100 valence electrons. The van der Waals surface area contributed by atoms with E-state index in [0.29, 0.717) is 6.54 Å². The Morgan fingerprint density at radius 1 is 1.05 bits per heavy atom. The molecule has 0 saturated carbocycles. The van der Waals surface area contributed by atoms with E-state index in [4.69, 9.17) is 5.73 Å². The van der Waals surface area contributed by atoms with E-state index < -0.39 is 0 Å². The topological polar surface area (TPSA) is 63.8 Å². The molecule has 0 unspecified atom stereocenters. The highest BCUT2D eigenvalue weighted by atomic mass is 15.0. The van der Waals surface area contributed by atoms with Crippen LogP contribution in [0.1, 0.15) is 22.5 Å². The maximum Gasteiger partial charge on any atom is 0.145 e. The van der Waals surface area contributed by atoms with Crippen LogP contribution in [0.25, 0.3) is 0 Å². The molecule has 2 aromatic rings. The zero-order valence-electron chi connectivity index (χ0n) is 11.5. The number of anilines is 1. The Kier molecular flexibility index (Phi) is 4.47. The molecule has 0 spiro atoms. The first-order valence-electron chi connectivity index (χ1n) is 6.51. The summed E-state index contributed by atoms with van der Waals surface area (Å²) in [5.74, 6) is 0.814. The van der Waals surface area contributed by atoms with Crippen molar-refractivity contribution in [2.24, 2.45) is 5.73 Å². The summed E-state index contributed by atoms with van der Waals surface area (Å²) in [4.78, 5) is 8.74. The molecule has 4 nitrogen and oxygen atoms in total. The molecule has 0 saturated heterocycles. The molecule has 3 N–H and O–H groups in total. The zero-order valence-corrected chi connectivity index (χ0v) is 11.5. The molecule has 0 radical (unpaired) electrons. The van der Waals surface area contributed by atoms with Crippen LogP contribution in [0.2, 0.25) is 0 Å². The van der Waals surface area contributed by atoms with E-state index in [2.05, 4.69) is 39.6 Å². The lowest BCUT2D eigenvalue weighted by atomic mass is 10.1. The molecule has 1 aromatic carbocycles. The van der Waals surface area contributed by atoms with Gasteiger partial charge in [-0.05, 0) is 37.9 Å². The predicted octanol–water partition coefficient (Wildman–Crippen LogP) is 2.21. The summed E-state index contributed by atoms with van der Waals surface area (Å²) in [5, 5.41) is 3.28. The Hall–Kier alpha value is -1.94. The molecule has 2 rings (SSSR count). The van der Waals surface area contributed by atoms with Gasteiger partial charge in [-0.2, -0.15) is 0 Å². The van der Waals surface area contributed by atoms with Crippen molar-refractivity contribution in [3.8, 4) is 0 Å². The fourth-order valence-corrected chi connectivity index (χ4v) is 1.81. The molecule has 4 heteroatoms. The monoisotopic (exact) mass is 256 g/mol. The van der Waals surface area contributed by atoms with E-state index in [-0.39, 0.29) is 0 Å². The summed E-state index contributed by atoms with van der Waals surface area (Å²) in [5.41, 5.74) is 9.96. The molecule has 1 heterocycles. The predicted molar refractivity (Wildman–Crippen MR) is 78.0 cm³/mol. The summed E-state index contributed by atoms with van der Waals surface area (Å²) in [6.45, 7) is 5.37. The van der Waals surface area contributed by atoms with Gasteiger partial charge in [-0.25, -0.2) is 4.98 Å². The fourth-order valence-electron chi connectivity index (χ4n) is 1.81. The number of aromatic nitrogens is 2. The van der Waals surface area contributed by atoms with Crippen LogP contribution in [-0.4, -0.2) is 16.5 Å². The third-order valence-electron chi connectivity index (χ3n) is 3.12. The summed E-state index contributed by atoms with van der Waals surface area (Å²) in [6, 6.07) is 8.48. The number of nitrogens with one attached hydrogen (secondary N) is 1. The molecule has 0 aliphatic rings. The molecule has 0 aliphatic carbocycles. The van der Waals surface area contributed by atoms with Crippen LogP contribution in [0.5, 0.6) is 0 Å². The highest BCUT2D eigenvalue weighted by molar-refractivity contribution is 5.35. The normalized spacial score (nSPS) is 10.5. The van der Waals surface area contributed by atoms with Crippen LogP contribution in [0.3, 0.4) is 0 Å². The Balaban J connectivity index is 1.96. The average molecular weight is 256 g/mol. The number of benzene rings is 1. The van der Waals surface area contributed by atoms with Crippen molar-refractivity contribution in [3.63, 3.8) is 0 Å². The van der Waals surface area contributed by atoms with Gasteiger partial charge in [0.25, 0.3) is 0 Å². The lowest BCUT2D eigenvalue weighted by Crippen LogP contribution is -2.05. The Labute approximate surface area is 114 Å². The van der Waals surface area contributed by atoms with Crippen molar-refractivity contribution in [1.29, 1.82) is 0 Å². The second-order valence-electron chi connectivity index (χ2n) is 4.63. The first kappa shape index (κ1) is 13.5. The number of nitrogens with two attached hydrogens (primary N) is 1. The van der Waals surface area contributed by atoms with Gasteiger partial charge in [0, 0.05) is 6.54 Å². The van der Waals surface area contributed by atoms with E-state index in [0.717, 1.165) is 30.2 Å². The van der Waals surface area contributed by atoms with Gasteiger partial charge >= 0.3 is 0 Å². The van der Waals surface area contributed by atoms with Crippen molar-refractivity contribution >= 4 is 5.82 Å². The first-order valence-corrected chi connectivity index (χ1v) is 6.51. The Morgan fingerprint density at radius 3 is 2.37 bits per heavy atom. The van der Waals surface area contributed by atoms with Gasteiger partial charge in [0.1, 0.15) is 5.82 Å². The second kappa shape index (κ2) is 6.29. The minimum atomic E-state index is 0.690. The standard InChI is InChI=1S/C15H20N4/c1-11-12(2)19-15(10-17-11)18-9-14-5-3-13(4-6-14)7-8-16/h3-6,10H,7-9,16H2,1-2H3,(H,18,19). The number of hydrogen-bond acceptors (Lipinski definition) is 4. The maximum absolute atomic E-state index is 5.53. The summed E-state index contributed by atoms with van der Waals surface area (Å²) >= 11 is 0. The summed E-state index contributed by atoms with van der Waals surface area (Å²) in [6.07, 6.45) is 2.70. The van der Waals surface area contributed by atoms with Crippen LogP contribution in [-0.2, 0) is 13.0 Å². The highest BCUT2D eigenvalue weighted by Crippen LogP contribution is 2.09. The van der Waals surface area contributed by atoms with Crippen molar-refractivity contribution < 1.29 is 0 Å². The van der Waals surface area contributed by atoms with Gasteiger partial charge in [0.2, 0.25) is 0 Å². The van der Waals surface area contributed by atoms with Crippen LogP contribution >= 0.6 is 0 Å². The van der Waals surface area contributed by atoms with Gasteiger partial charge in [-0.15, -0.1) is 0 Å². The number of hydrogen-bond donors (Lipinski definition) is 2. The molecule has 19 heavy (non-hydrogen) atoms. The van der Waals surface area contributed by atoms with E-state index in [1.165, 1.54) is 11.1 Å². The third kappa shape index (κ3) is 3.76. The van der Waals surface area contributed by atoms with E-state index >= 15 is 0 Å². The van der Waals surface area contributed by atoms with Crippen LogP contribution in [0.15, 0.2) is 30.5 Å². The van der Waals surface area contributed by atoms with Gasteiger partial charge in [0.05, 0.1) is 17.6 Å². The quantitative estimate of drug-likeness (QED) is 0.861. The van der Waals surface area contributed by atoms with Gasteiger partial charge < -0.3 is 11.1 Å². The lowest BCUT2D eigenvalue weighted by Gasteiger charge is -2.08. The summed E-state index contributed by atoms with van der Waals surface area (Å²) < 4.78 is 0. The molecular weight excluding hydrogens is 236 g/mol. The van der Waals surface area contributed by atoms with E-state index in [1.54, 1.807) is 6.20 Å². The lowest BCUT2D eigenvalue weighted by molar-refractivity contribution is 0.965. The number of aryl methyl sites for hydroxylation is 2. The van der Waals surface area contributed by atoms with Crippen molar-refractivity contribution in [1.82, 2.24) is 9.97 Å². The molecule has 1 aromatic heterocycles. The minimum Gasteiger partial charge on any atom is -0.365 e. The van der Waals surface area contributed by atoms with E-state index in [1.807, 2.05) is 13.8 Å². The number of nitrogens with zero attached hydrogens (tertiary/aromatic N) is 2. The zero-order chi connectivity index (χ0) is 13.7. The highest BCUT2D eigenvalue weighted by Gasteiger charge is 1.99. The molecule has 0 atom stereocenters. The maximum atomic E-state index is 5.53. The molecular formula is C15H20N4. The van der Waals surface area contributed by atoms with Crippen molar-refractivity contribution in [2.75, 3.05) is 11.9 Å². The molecule has 0 amide bonds. The largest absolute Gasteiger partial charge is 0.365 e. The Bertz CT molecular complexity index is 534. The average Bonchev–Trinajstić information content (AvgIpc) is 2.42. The van der Waals surface area contributed by atoms with Crippen LogP contribution < -0.4 is 11.1 Å². The minimum absolute atomic E-state index is 0.690. The van der Waals surface area contributed by atoms with Crippen LogP contribution in [0, 0.1) is 13.8 Å². The fraction of sp³-hybridized carbons (Fsp3) is 0.333. The SMILES string of the molecule is Cc1ncc(NCc2ccc(CCN)cc2)nc1C. The van der Waals surface area contributed by atoms with Crippen LogP contribution in [0.4, 0.5) is 5.82 Å². The molecule has 0 aliphatic heterocycles. The smallest absolute Gasteiger partial charge is 0.145 e. The molecule has 0 fully saturated rings. The van der Waals surface area contributed by atoms with E-state index in [9.17, 15) is 0 Å². The van der Waals surface area contributed by atoms with Crippen molar-refractivity contribution in [3.05, 3.63) is 53.0 Å². The van der Waals surface area contributed by atoms with Gasteiger partial charge in [-0.1, -0.05) is 24.3 Å². The number of rotatable bonds is 5. The molecule has 0 bridgehead atoms. The second-order valence-corrected chi connectivity index (χ2v) is 4.63. The Morgan fingerprint density at radius 2 is 1.74 bits per heavy atom. The third-order valence-corrected chi connectivity index (χ3v) is 3.12. The van der Waals surface area contributed by atoms with Crippen molar-refractivity contribution in [2.45, 2.75) is 26.8 Å². The van der Waals surface area contributed by atoms with Gasteiger partial charge in [-0.3, -0.25) is 4.98 Å². The summed E-state index contributed by atoms with van der Waals surface area (Å²) in [7, 11) is 0.